The molecule has 0 atom stereocenters. The van der Waals surface area contributed by atoms with E-state index in [1.807, 2.05) is 0 Å². The monoisotopic (exact) mass is 386 g/mol. The van der Waals surface area contributed by atoms with Crippen LogP contribution in [0.25, 0.3) is 10.8 Å². The highest BCUT2D eigenvalue weighted by molar-refractivity contribution is 6.03. The van der Waals surface area contributed by atoms with Gasteiger partial charge in [0.05, 0.1) is 5.39 Å². The van der Waals surface area contributed by atoms with E-state index in [9.17, 15) is 19.2 Å². The SMILES string of the molecule is Cn1nc(C(=O)OCC(=O)NC(=O)NC2CCCCC2)c2ccccc2c1=O. The first-order valence-corrected chi connectivity index (χ1v) is 9.19. The summed E-state index contributed by atoms with van der Waals surface area (Å²) >= 11 is 0. The molecule has 9 heteroatoms. The maximum Gasteiger partial charge on any atom is 0.359 e. The van der Waals surface area contributed by atoms with E-state index in [0.29, 0.717) is 10.8 Å². The third kappa shape index (κ3) is 4.54. The van der Waals surface area contributed by atoms with Gasteiger partial charge in [0.1, 0.15) is 0 Å². The molecule has 9 nitrogen and oxygen atoms in total. The minimum absolute atomic E-state index is 0.0604. The highest BCUT2D eigenvalue weighted by Crippen LogP contribution is 2.17. The summed E-state index contributed by atoms with van der Waals surface area (Å²) in [7, 11) is 1.42. The molecule has 3 rings (SSSR count). The van der Waals surface area contributed by atoms with Crippen molar-refractivity contribution in [2.45, 2.75) is 38.1 Å². The van der Waals surface area contributed by atoms with Crippen LogP contribution in [0.3, 0.4) is 0 Å². The van der Waals surface area contributed by atoms with E-state index in [4.69, 9.17) is 4.74 Å². The van der Waals surface area contributed by atoms with Crippen molar-refractivity contribution in [2.75, 3.05) is 6.61 Å². The maximum atomic E-state index is 12.3. The first-order valence-electron chi connectivity index (χ1n) is 9.19. The van der Waals surface area contributed by atoms with Gasteiger partial charge in [0.25, 0.3) is 11.5 Å². The number of aryl methyl sites for hydroxylation is 1. The summed E-state index contributed by atoms with van der Waals surface area (Å²) in [6, 6.07) is 5.97. The molecular formula is C19H22N4O5. The number of esters is 1. The second-order valence-electron chi connectivity index (χ2n) is 6.76. The van der Waals surface area contributed by atoms with Crippen LogP contribution in [0.1, 0.15) is 42.6 Å². The molecule has 1 heterocycles. The van der Waals surface area contributed by atoms with Crippen molar-refractivity contribution in [3.8, 4) is 0 Å². The highest BCUT2D eigenvalue weighted by Gasteiger charge is 2.20. The first kappa shape index (κ1) is 19.5. The second-order valence-corrected chi connectivity index (χ2v) is 6.76. The summed E-state index contributed by atoms with van der Waals surface area (Å²) in [5.74, 6) is -1.59. The van der Waals surface area contributed by atoms with Crippen molar-refractivity contribution >= 4 is 28.7 Å². The number of ether oxygens (including phenoxy) is 1. The summed E-state index contributed by atoms with van der Waals surface area (Å²) in [4.78, 5) is 48.2. The Morgan fingerprint density at radius 1 is 1.14 bits per heavy atom. The number of nitrogens with zero attached hydrogens (tertiary/aromatic N) is 2. The van der Waals surface area contributed by atoms with Crippen molar-refractivity contribution in [1.82, 2.24) is 20.4 Å². The Hall–Kier alpha value is -3.23. The quantitative estimate of drug-likeness (QED) is 0.763. The van der Waals surface area contributed by atoms with E-state index in [2.05, 4.69) is 15.7 Å². The Labute approximate surface area is 161 Å². The fourth-order valence-corrected chi connectivity index (χ4v) is 3.28. The van der Waals surface area contributed by atoms with Gasteiger partial charge in [0.2, 0.25) is 0 Å². The fraction of sp³-hybridized carbons (Fsp3) is 0.421. The van der Waals surface area contributed by atoms with Gasteiger partial charge in [-0.1, -0.05) is 37.5 Å². The van der Waals surface area contributed by atoms with E-state index >= 15 is 0 Å². The zero-order valence-corrected chi connectivity index (χ0v) is 15.6. The maximum absolute atomic E-state index is 12.3. The summed E-state index contributed by atoms with van der Waals surface area (Å²) in [5, 5.41) is 9.49. The van der Waals surface area contributed by atoms with Crippen molar-refractivity contribution in [2.24, 2.45) is 7.05 Å². The third-order valence-corrected chi connectivity index (χ3v) is 4.68. The lowest BCUT2D eigenvalue weighted by Gasteiger charge is -2.22. The number of carbonyl (C=O) groups is 3. The van der Waals surface area contributed by atoms with Gasteiger partial charge in [-0.2, -0.15) is 5.10 Å². The van der Waals surface area contributed by atoms with Crippen molar-refractivity contribution in [3.63, 3.8) is 0 Å². The number of fused-ring (bicyclic) bond motifs is 1. The van der Waals surface area contributed by atoms with Gasteiger partial charge in [-0.15, -0.1) is 0 Å². The number of amides is 3. The number of aromatic nitrogens is 2. The van der Waals surface area contributed by atoms with Crippen LogP contribution >= 0.6 is 0 Å². The van der Waals surface area contributed by atoms with Gasteiger partial charge in [0, 0.05) is 18.5 Å². The summed E-state index contributed by atoms with van der Waals surface area (Å²) in [5.41, 5.74) is -0.415. The van der Waals surface area contributed by atoms with Gasteiger partial charge in [0.15, 0.2) is 12.3 Å². The highest BCUT2D eigenvalue weighted by atomic mass is 16.5. The van der Waals surface area contributed by atoms with Crippen LogP contribution in [0.4, 0.5) is 4.79 Å². The number of nitrogens with one attached hydrogen (secondary N) is 2. The van der Waals surface area contributed by atoms with Crippen molar-refractivity contribution in [1.29, 1.82) is 0 Å². The molecule has 0 bridgehead atoms. The minimum atomic E-state index is -0.852. The lowest BCUT2D eigenvalue weighted by Crippen LogP contribution is -2.46. The average Bonchev–Trinajstić information content (AvgIpc) is 2.69. The summed E-state index contributed by atoms with van der Waals surface area (Å²) < 4.78 is 6.01. The van der Waals surface area contributed by atoms with E-state index in [-0.39, 0.29) is 17.3 Å². The van der Waals surface area contributed by atoms with Crippen LogP contribution < -0.4 is 16.2 Å². The van der Waals surface area contributed by atoms with E-state index in [0.717, 1.165) is 36.8 Å². The Kier molecular flexibility index (Phi) is 6.03. The molecule has 1 aliphatic rings. The molecule has 0 spiro atoms. The predicted molar refractivity (Wildman–Crippen MR) is 101 cm³/mol. The standard InChI is InChI=1S/C19H22N4O5/c1-23-17(25)14-10-6-5-9-13(14)16(22-23)18(26)28-11-15(24)21-19(27)20-12-7-3-2-4-8-12/h5-6,9-10,12H,2-4,7-8,11H2,1H3,(H2,20,21,24,27). The number of benzene rings is 1. The molecule has 0 unspecified atom stereocenters. The number of imide groups is 1. The lowest BCUT2D eigenvalue weighted by atomic mass is 9.96. The van der Waals surface area contributed by atoms with Crippen LogP contribution in [-0.4, -0.2) is 40.3 Å². The molecule has 0 radical (unpaired) electrons. The van der Waals surface area contributed by atoms with Gasteiger partial charge >= 0.3 is 12.0 Å². The smallest absolute Gasteiger partial charge is 0.359 e. The molecule has 0 aliphatic heterocycles. The van der Waals surface area contributed by atoms with E-state index in [1.165, 1.54) is 7.05 Å². The number of rotatable bonds is 4. The normalized spacial score (nSPS) is 14.5. The Bertz CT molecular complexity index is 962. The van der Waals surface area contributed by atoms with Gasteiger partial charge < -0.3 is 10.1 Å². The molecule has 1 fully saturated rings. The summed E-state index contributed by atoms with van der Waals surface area (Å²) in [6.45, 7) is -0.629. The number of hydrogen-bond acceptors (Lipinski definition) is 6. The fourth-order valence-electron chi connectivity index (χ4n) is 3.28. The predicted octanol–water partition coefficient (Wildman–Crippen LogP) is 1.25. The molecule has 2 aromatic rings. The Balaban J connectivity index is 1.59. The second kappa shape index (κ2) is 8.64. The summed E-state index contributed by atoms with van der Waals surface area (Å²) in [6.07, 6.45) is 5.04. The van der Waals surface area contributed by atoms with Gasteiger partial charge in [-0.3, -0.25) is 14.9 Å². The number of carbonyl (C=O) groups excluding carboxylic acids is 3. The first-order chi connectivity index (χ1) is 13.5. The van der Waals surface area contributed by atoms with Crippen molar-refractivity contribution < 1.29 is 19.1 Å². The molecule has 1 aromatic heterocycles. The molecule has 1 saturated carbocycles. The largest absolute Gasteiger partial charge is 0.451 e. The topological polar surface area (TPSA) is 119 Å². The number of hydrogen-bond donors (Lipinski definition) is 2. The minimum Gasteiger partial charge on any atom is -0.451 e. The third-order valence-electron chi connectivity index (χ3n) is 4.68. The zero-order chi connectivity index (χ0) is 20.1. The Morgan fingerprint density at radius 3 is 2.54 bits per heavy atom. The van der Waals surface area contributed by atoms with Crippen LogP contribution in [0.5, 0.6) is 0 Å². The number of urea groups is 1. The van der Waals surface area contributed by atoms with Crippen molar-refractivity contribution in [3.05, 3.63) is 40.3 Å². The molecule has 2 N–H and O–H groups in total. The van der Waals surface area contributed by atoms with Gasteiger partial charge in [-0.05, 0) is 18.9 Å². The average molecular weight is 386 g/mol. The molecule has 3 amide bonds. The molecule has 148 valence electrons. The van der Waals surface area contributed by atoms with Crippen LogP contribution in [0, 0.1) is 0 Å². The van der Waals surface area contributed by atoms with Crippen LogP contribution in [0.2, 0.25) is 0 Å². The molecule has 1 aromatic carbocycles. The molecule has 28 heavy (non-hydrogen) atoms. The molecule has 1 aliphatic carbocycles. The molecular weight excluding hydrogens is 364 g/mol. The van der Waals surface area contributed by atoms with Crippen LogP contribution in [0.15, 0.2) is 29.1 Å². The van der Waals surface area contributed by atoms with Gasteiger partial charge in [-0.25, -0.2) is 14.3 Å². The van der Waals surface area contributed by atoms with E-state index < -0.39 is 24.5 Å². The van der Waals surface area contributed by atoms with E-state index in [1.54, 1.807) is 24.3 Å². The lowest BCUT2D eigenvalue weighted by molar-refractivity contribution is -0.123. The van der Waals surface area contributed by atoms with Crippen LogP contribution in [-0.2, 0) is 16.6 Å². The Morgan fingerprint density at radius 2 is 1.82 bits per heavy atom. The zero-order valence-electron chi connectivity index (χ0n) is 15.6. The molecule has 0 saturated heterocycles.